The van der Waals surface area contributed by atoms with Gasteiger partial charge >= 0.3 is 6.09 Å². The van der Waals surface area contributed by atoms with E-state index in [9.17, 15) is 14.0 Å². The van der Waals surface area contributed by atoms with Crippen LogP contribution in [0.1, 0.15) is 39.4 Å². The van der Waals surface area contributed by atoms with E-state index in [1.807, 2.05) is 26.8 Å². The Bertz CT molecular complexity index is 1150. The normalized spacial score (nSPS) is 14.0. The summed E-state index contributed by atoms with van der Waals surface area (Å²) in [5.74, 6) is -0.255. The van der Waals surface area contributed by atoms with Crippen molar-refractivity contribution < 1.29 is 13.9 Å². The van der Waals surface area contributed by atoms with Crippen LogP contribution < -0.4 is 5.56 Å². The zero-order chi connectivity index (χ0) is 21.5. The minimum Gasteiger partial charge on any atom is -0.444 e. The fourth-order valence-corrected chi connectivity index (χ4v) is 3.39. The summed E-state index contributed by atoms with van der Waals surface area (Å²) in [6.45, 7) is 5.53. The van der Waals surface area contributed by atoms with Gasteiger partial charge in [0.05, 0.1) is 17.7 Å². The van der Waals surface area contributed by atoms with Gasteiger partial charge in [0.25, 0.3) is 5.56 Å². The fraction of sp³-hybridized carbons (Fsp3) is 0.348. The number of aromatic nitrogens is 2. The maximum atomic E-state index is 14.5. The minimum atomic E-state index is -0.636. The van der Waals surface area contributed by atoms with Crippen LogP contribution in [-0.2, 0) is 11.3 Å². The van der Waals surface area contributed by atoms with Gasteiger partial charge in [-0.3, -0.25) is 14.3 Å². The van der Waals surface area contributed by atoms with Crippen molar-refractivity contribution >= 4 is 17.0 Å². The van der Waals surface area contributed by atoms with Gasteiger partial charge in [-0.2, -0.15) is 0 Å². The summed E-state index contributed by atoms with van der Waals surface area (Å²) in [4.78, 5) is 32.3. The van der Waals surface area contributed by atoms with E-state index in [4.69, 9.17) is 4.74 Å². The third-order valence-corrected chi connectivity index (χ3v) is 4.86. The van der Waals surface area contributed by atoms with Crippen molar-refractivity contribution in [2.45, 2.75) is 51.8 Å². The summed E-state index contributed by atoms with van der Waals surface area (Å²) in [7, 11) is 0. The molecule has 156 valence electrons. The monoisotopic (exact) mass is 409 g/mol. The second kappa shape index (κ2) is 7.55. The van der Waals surface area contributed by atoms with Gasteiger partial charge in [-0.25, -0.2) is 14.2 Å². The highest BCUT2D eigenvalue weighted by molar-refractivity contribution is 5.78. The van der Waals surface area contributed by atoms with Gasteiger partial charge in [-0.05, 0) is 57.9 Å². The minimum absolute atomic E-state index is 0.0455. The topological polar surface area (TPSA) is 64.4 Å². The number of rotatable bonds is 4. The Hall–Kier alpha value is -3.22. The molecule has 4 rings (SSSR count). The quantitative estimate of drug-likeness (QED) is 0.640. The van der Waals surface area contributed by atoms with Gasteiger partial charge < -0.3 is 4.74 Å². The van der Waals surface area contributed by atoms with Crippen molar-refractivity contribution in [2.75, 3.05) is 0 Å². The molecule has 0 atom stereocenters. The maximum Gasteiger partial charge on any atom is 0.410 e. The highest BCUT2D eigenvalue weighted by Gasteiger charge is 2.36. The molecular weight excluding hydrogens is 385 g/mol. The second-order valence-corrected chi connectivity index (χ2v) is 8.48. The number of halogens is 1. The van der Waals surface area contributed by atoms with Gasteiger partial charge in [0.1, 0.15) is 22.6 Å². The predicted molar refractivity (Wildman–Crippen MR) is 112 cm³/mol. The lowest BCUT2D eigenvalue weighted by Crippen LogP contribution is -2.39. The molecule has 1 heterocycles. The third-order valence-electron chi connectivity index (χ3n) is 4.86. The number of hydrogen-bond donors (Lipinski definition) is 0. The number of para-hydroxylation sites is 1. The molecule has 30 heavy (non-hydrogen) atoms. The molecule has 1 aliphatic carbocycles. The van der Waals surface area contributed by atoms with Crippen LogP contribution in [0, 0.1) is 5.82 Å². The molecule has 0 unspecified atom stereocenters. The third kappa shape index (κ3) is 4.06. The maximum absolute atomic E-state index is 14.5. The van der Waals surface area contributed by atoms with E-state index in [1.165, 1.54) is 16.7 Å². The molecule has 3 aromatic rings. The standard InChI is InChI=1S/C23H24FN3O3/c1-23(2,3)30-22(29)26(15-12-13-15)14-19-25-18-11-7-10-17(24)20(18)21(28)27(19)16-8-5-4-6-9-16/h4-11,15H,12-14H2,1-3H3. The molecule has 0 bridgehead atoms. The highest BCUT2D eigenvalue weighted by Crippen LogP contribution is 2.30. The first-order valence-electron chi connectivity index (χ1n) is 10.00. The number of benzene rings is 2. The van der Waals surface area contributed by atoms with Crippen molar-refractivity contribution in [3.63, 3.8) is 0 Å². The van der Waals surface area contributed by atoms with Crippen molar-refractivity contribution in [1.82, 2.24) is 14.5 Å². The average Bonchev–Trinajstić information content (AvgIpc) is 3.50. The zero-order valence-electron chi connectivity index (χ0n) is 17.3. The largest absolute Gasteiger partial charge is 0.444 e. The number of ether oxygens (including phenoxy) is 1. The van der Waals surface area contributed by atoms with Crippen LogP contribution in [0.5, 0.6) is 0 Å². The summed E-state index contributed by atoms with van der Waals surface area (Å²) in [5.41, 5.74) is -0.306. The van der Waals surface area contributed by atoms with Crippen LogP contribution in [-0.4, -0.2) is 32.2 Å². The molecule has 1 aliphatic rings. The van der Waals surface area contributed by atoms with Gasteiger partial charge in [-0.15, -0.1) is 0 Å². The second-order valence-electron chi connectivity index (χ2n) is 8.48. The van der Waals surface area contributed by atoms with E-state index >= 15 is 0 Å². The number of fused-ring (bicyclic) bond motifs is 1. The Balaban J connectivity index is 1.85. The van der Waals surface area contributed by atoms with Gasteiger partial charge in [-0.1, -0.05) is 24.3 Å². The lowest BCUT2D eigenvalue weighted by Gasteiger charge is -2.28. The van der Waals surface area contributed by atoms with Gasteiger partial charge in [0.2, 0.25) is 0 Å². The zero-order valence-corrected chi connectivity index (χ0v) is 17.3. The van der Waals surface area contributed by atoms with E-state index in [2.05, 4.69) is 4.98 Å². The summed E-state index contributed by atoms with van der Waals surface area (Å²) in [6, 6.07) is 13.4. The SMILES string of the molecule is CC(C)(C)OC(=O)N(Cc1nc2cccc(F)c2c(=O)n1-c1ccccc1)C1CC1. The molecule has 0 aliphatic heterocycles. The van der Waals surface area contributed by atoms with Crippen LogP contribution >= 0.6 is 0 Å². The van der Waals surface area contributed by atoms with Crippen LogP contribution in [0.15, 0.2) is 53.3 Å². The smallest absolute Gasteiger partial charge is 0.410 e. The molecule has 6 nitrogen and oxygen atoms in total. The molecule has 0 N–H and O–H groups in total. The van der Waals surface area contributed by atoms with Crippen molar-refractivity contribution in [1.29, 1.82) is 0 Å². The van der Waals surface area contributed by atoms with E-state index in [0.717, 1.165) is 12.8 Å². The van der Waals surface area contributed by atoms with E-state index in [1.54, 1.807) is 35.2 Å². The van der Waals surface area contributed by atoms with Crippen molar-refractivity contribution in [3.8, 4) is 5.69 Å². The number of hydrogen-bond acceptors (Lipinski definition) is 4. The summed E-state index contributed by atoms with van der Waals surface area (Å²) >= 11 is 0. The van der Waals surface area contributed by atoms with Crippen LogP contribution in [0.3, 0.4) is 0 Å². The summed E-state index contributed by atoms with van der Waals surface area (Å²) < 4.78 is 21.4. The van der Waals surface area contributed by atoms with Crippen molar-refractivity contribution in [2.24, 2.45) is 0 Å². The molecule has 7 heteroatoms. The number of carbonyl (C=O) groups excluding carboxylic acids is 1. The van der Waals surface area contributed by atoms with E-state index in [-0.39, 0.29) is 23.5 Å². The molecular formula is C23H24FN3O3. The van der Waals surface area contributed by atoms with Crippen molar-refractivity contribution in [3.05, 3.63) is 70.5 Å². The molecule has 1 aromatic heterocycles. The molecule has 0 radical (unpaired) electrons. The van der Waals surface area contributed by atoms with Crippen LogP contribution in [0.2, 0.25) is 0 Å². The molecule has 2 aromatic carbocycles. The molecule has 0 saturated heterocycles. The Kier molecular flexibility index (Phi) is 5.05. The van der Waals surface area contributed by atoms with E-state index in [0.29, 0.717) is 11.5 Å². The number of amides is 1. The van der Waals surface area contributed by atoms with Crippen LogP contribution in [0.25, 0.3) is 16.6 Å². The molecule has 0 spiro atoms. The lowest BCUT2D eigenvalue weighted by molar-refractivity contribution is 0.0210. The fourth-order valence-electron chi connectivity index (χ4n) is 3.39. The first-order chi connectivity index (χ1) is 14.2. The average molecular weight is 409 g/mol. The summed E-state index contributed by atoms with van der Waals surface area (Å²) in [5, 5.41) is -0.0691. The van der Waals surface area contributed by atoms with E-state index < -0.39 is 23.1 Å². The van der Waals surface area contributed by atoms with Gasteiger partial charge in [0.15, 0.2) is 0 Å². The Morgan fingerprint density at radius 2 is 1.87 bits per heavy atom. The predicted octanol–water partition coefficient (Wildman–Crippen LogP) is 4.42. The molecule has 1 fully saturated rings. The highest BCUT2D eigenvalue weighted by atomic mass is 19.1. The van der Waals surface area contributed by atoms with Crippen LogP contribution in [0.4, 0.5) is 9.18 Å². The Morgan fingerprint density at radius 3 is 2.50 bits per heavy atom. The number of carbonyl (C=O) groups is 1. The Labute approximate surface area is 173 Å². The molecule has 1 saturated carbocycles. The summed E-state index contributed by atoms with van der Waals surface area (Å²) in [6.07, 6.45) is 1.30. The van der Waals surface area contributed by atoms with Gasteiger partial charge in [0, 0.05) is 6.04 Å². The number of nitrogens with zero attached hydrogens (tertiary/aromatic N) is 3. The molecule has 1 amide bonds. The Morgan fingerprint density at radius 1 is 1.17 bits per heavy atom. The lowest BCUT2D eigenvalue weighted by atomic mass is 10.2. The first-order valence-corrected chi connectivity index (χ1v) is 10.00. The first kappa shape index (κ1) is 20.1.